The lowest BCUT2D eigenvalue weighted by Gasteiger charge is -2.12. The number of aryl methyl sites for hydroxylation is 2. The topological polar surface area (TPSA) is 70.4 Å². The molecule has 0 aliphatic heterocycles. The van der Waals surface area contributed by atoms with Crippen molar-refractivity contribution in [3.63, 3.8) is 0 Å². The summed E-state index contributed by atoms with van der Waals surface area (Å²) in [6.07, 6.45) is 9.88. The number of rotatable bonds is 12. The van der Waals surface area contributed by atoms with Crippen molar-refractivity contribution in [1.82, 2.24) is 4.98 Å². The number of hydrogen-bond donors (Lipinski definition) is 2. The second-order valence-electron chi connectivity index (χ2n) is 8.49. The van der Waals surface area contributed by atoms with Crippen LogP contribution in [0.15, 0.2) is 48.7 Å². The molecule has 32 heavy (non-hydrogen) atoms. The van der Waals surface area contributed by atoms with Gasteiger partial charge in [0.2, 0.25) is 0 Å². The first-order chi connectivity index (χ1) is 15.4. The van der Waals surface area contributed by atoms with Crippen molar-refractivity contribution in [3.8, 4) is 11.1 Å². The zero-order valence-electron chi connectivity index (χ0n) is 18.8. The van der Waals surface area contributed by atoms with Crippen LogP contribution < -0.4 is 0 Å². The molecular formula is C26H33FNO3P. The summed E-state index contributed by atoms with van der Waals surface area (Å²) in [5.41, 5.74) is 4.61. The molecule has 6 heteroatoms. The van der Waals surface area contributed by atoms with Crippen molar-refractivity contribution < 1.29 is 18.7 Å². The van der Waals surface area contributed by atoms with Gasteiger partial charge in [0.1, 0.15) is 5.82 Å². The van der Waals surface area contributed by atoms with E-state index in [0.717, 1.165) is 71.7 Å². The Balaban J connectivity index is 1.75. The molecule has 3 aromatic rings. The van der Waals surface area contributed by atoms with Crippen LogP contribution in [0.3, 0.4) is 0 Å². The highest BCUT2D eigenvalue weighted by atomic mass is 31.2. The minimum absolute atomic E-state index is 0.0644. The Morgan fingerprint density at radius 3 is 2.34 bits per heavy atom. The lowest BCUT2D eigenvalue weighted by atomic mass is 9.94. The molecule has 2 aromatic carbocycles. The van der Waals surface area contributed by atoms with E-state index < -0.39 is 7.60 Å². The van der Waals surface area contributed by atoms with E-state index in [-0.39, 0.29) is 12.0 Å². The summed E-state index contributed by atoms with van der Waals surface area (Å²) < 4.78 is 25.8. The lowest BCUT2D eigenvalue weighted by Crippen LogP contribution is -1.95. The van der Waals surface area contributed by atoms with E-state index in [9.17, 15) is 8.96 Å². The zero-order chi connectivity index (χ0) is 23.0. The van der Waals surface area contributed by atoms with Crippen molar-refractivity contribution in [3.05, 3.63) is 65.6 Å². The van der Waals surface area contributed by atoms with Gasteiger partial charge in [0.15, 0.2) is 0 Å². The minimum Gasteiger partial charge on any atom is -0.324 e. The Kier molecular flexibility index (Phi) is 8.98. The molecule has 0 saturated heterocycles. The van der Waals surface area contributed by atoms with Gasteiger partial charge in [-0.2, -0.15) is 0 Å². The number of pyridine rings is 1. The van der Waals surface area contributed by atoms with Crippen LogP contribution in [0, 0.1) is 5.82 Å². The van der Waals surface area contributed by atoms with E-state index in [2.05, 4.69) is 11.9 Å². The summed E-state index contributed by atoms with van der Waals surface area (Å²) in [4.78, 5) is 22.6. The highest BCUT2D eigenvalue weighted by Crippen LogP contribution is 2.36. The summed E-state index contributed by atoms with van der Waals surface area (Å²) in [6.45, 7) is 2.17. The second kappa shape index (κ2) is 11.7. The molecule has 0 saturated carbocycles. The fraction of sp³-hybridized carbons (Fsp3) is 0.423. The molecular weight excluding hydrogens is 424 g/mol. The van der Waals surface area contributed by atoms with Gasteiger partial charge >= 0.3 is 7.60 Å². The SMILES string of the molecule is CCCCCCc1ccc(-c2ccc(CCCCCP(=O)(O)O)c3ncccc23)cc1F. The van der Waals surface area contributed by atoms with Gasteiger partial charge in [-0.25, -0.2) is 4.39 Å². The molecule has 0 spiro atoms. The van der Waals surface area contributed by atoms with Gasteiger partial charge < -0.3 is 9.79 Å². The summed E-state index contributed by atoms with van der Waals surface area (Å²) in [5, 5.41) is 0.996. The molecule has 1 heterocycles. The molecule has 0 unspecified atom stereocenters. The quantitative estimate of drug-likeness (QED) is 0.226. The van der Waals surface area contributed by atoms with Gasteiger partial charge in [-0.3, -0.25) is 9.55 Å². The van der Waals surface area contributed by atoms with E-state index >= 15 is 0 Å². The van der Waals surface area contributed by atoms with Crippen molar-refractivity contribution in [2.24, 2.45) is 0 Å². The molecule has 0 fully saturated rings. The largest absolute Gasteiger partial charge is 0.325 e. The molecule has 0 aliphatic carbocycles. The lowest BCUT2D eigenvalue weighted by molar-refractivity contribution is 0.371. The van der Waals surface area contributed by atoms with Gasteiger partial charge in [0.05, 0.1) is 5.52 Å². The third-order valence-electron chi connectivity index (χ3n) is 5.91. The first kappa shape index (κ1) is 24.6. The molecule has 0 bridgehead atoms. The Morgan fingerprint density at radius 2 is 1.62 bits per heavy atom. The Morgan fingerprint density at radius 1 is 0.906 bits per heavy atom. The van der Waals surface area contributed by atoms with Crippen LogP contribution in [-0.2, 0) is 17.4 Å². The van der Waals surface area contributed by atoms with Crippen LogP contribution in [0.2, 0.25) is 0 Å². The fourth-order valence-electron chi connectivity index (χ4n) is 4.15. The molecule has 1 aromatic heterocycles. The van der Waals surface area contributed by atoms with E-state index in [1.54, 1.807) is 12.3 Å². The summed E-state index contributed by atoms with van der Waals surface area (Å²) >= 11 is 0. The number of fused-ring (bicyclic) bond motifs is 1. The number of halogens is 1. The smallest absolute Gasteiger partial charge is 0.324 e. The molecule has 0 amide bonds. The maximum Gasteiger partial charge on any atom is 0.325 e. The third-order valence-corrected chi connectivity index (χ3v) is 6.81. The molecule has 4 nitrogen and oxygen atoms in total. The predicted molar refractivity (Wildman–Crippen MR) is 129 cm³/mol. The summed E-state index contributed by atoms with van der Waals surface area (Å²) in [6, 6.07) is 13.5. The van der Waals surface area contributed by atoms with Crippen LogP contribution in [-0.4, -0.2) is 20.9 Å². The van der Waals surface area contributed by atoms with Crippen molar-refractivity contribution in [2.45, 2.75) is 64.7 Å². The maximum absolute atomic E-state index is 14.8. The van der Waals surface area contributed by atoms with Crippen LogP contribution in [0.5, 0.6) is 0 Å². The van der Waals surface area contributed by atoms with Gasteiger partial charge in [0.25, 0.3) is 0 Å². The van der Waals surface area contributed by atoms with Crippen LogP contribution in [0.1, 0.15) is 63.0 Å². The zero-order valence-corrected chi connectivity index (χ0v) is 19.7. The number of hydrogen-bond acceptors (Lipinski definition) is 2. The second-order valence-corrected chi connectivity index (χ2v) is 10.3. The molecule has 0 aliphatic rings. The van der Waals surface area contributed by atoms with Gasteiger partial charge in [0, 0.05) is 17.7 Å². The molecule has 3 rings (SSSR count). The third kappa shape index (κ3) is 6.96. The Hall–Kier alpha value is -2.07. The standard InChI is InChI=1S/C26H33FNO3P/c1-2-3-4-6-10-20-13-14-22(19-25(20)27)23-16-15-21(26-24(23)12-9-17-28-26)11-7-5-8-18-32(29,30)31/h9,12-17,19H,2-8,10-11,18H2,1H3,(H2,29,30,31). The van der Waals surface area contributed by atoms with Gasteiger partial charge in [-0.05, 0) is 66.5 Å². The van der Waals surface area contributed by atoms with E-state index in [4.69, 9.17) is 9.79 Å². The highest BCUT2D eigenvalue weighted by molar-refractivity contribution is 7.51. The fourth-order valence-corrected chi connectivity index (χ4v) is 4.79. The van der Waals surface area contributed by atoms with Crippen molar-refractivity contribution in [1.29, 1.82) is 0 Å². The van der Waals surface area contributed by atoms with E-state index in [1.807, 2.05) is 36.4 Å². The van der Waals surface area contributed by atoms with Crippen LogP contribution in [0.4, 0.5) is 4.39 Å². The van der Waals surface area contributed by atoms with Crippen LogP contribution >= 0.6 is 7.60 Å². The molecule has 172 valence electrons. The highest BCUT2D eigenvalue weighted by Gasteiger charge is 2.13. The average molecular weight is 458 g/mol. The number of aromatic nitrogens is 1. The molecule has 2 N–H and O–H groups in total. The number of benzene rings is 2. The predicted octanol–water partition coefficient (Wildman–Crippen LogP) is 7.05. The maximum atomic E-state index is 14.8. The van der Waals surface area contributed by atoms with E-state index in [0.29, 0.717) is 6.42 Å². The summed E-state index contributed by atoms with van der Waals surface area (Å²) in [5.74, 6) is -0.148. The Bertz CT molecular complexity index is 1080. The van der Waals surface area contributed by atoms with Gasteiger partial charge in [-0.15, -0.1) is 0 Å². The van der Waals surface area contributed by atoms with Crippen LogP contribution in [0.25, 0.3) is 22.0 Å². The first-order valence-electron chi connectivity index (χ1n) is 11.6. The molecule has 0 radical (unpaired) electrons. The van der Waals surface area contributed by atoms with Gasteiger partial charge in [-0.1, -0.05) is 62.9 Å². The average Bonchev–Trinajstić information content (AvgIpc) is 2.76. The van der Waals surface area contributed by atoms with Crippen molar-refractivity contribution >= 4 is 18.5 Å². The number of nitrogens with zero attached hydrogens (tertiary/aromatic N) is 1. The van der Waals surface area contributed by atoms with E-state index in [1.165, 1.54) is 12.8 Å². The number of unbranched alkanes of at least 4 members (excludes halogenated alkanes) is 5. The Labute approximate surface area is 190 Å². The minimum atomic E-state index is -3.92. The molecule has 0 atom stereocenters. The summed E-state index contributed by atoms with van der Waals surface area (Å²) in [7, 11) is -3.92. The normalized spacial score (nSPS) is 11.9. The monoisotopic (exact) mass is 457 g/mol. The first-order valence-corrected chi connectivity index (χ1v) is 13.4. The van der Waals surface area contributed by atoms with Crippen molar-refractivity contribution in [2.75, 3.05) is 6.16 Å².